The van der Waals surface area contributed by atoms with Crippen molar-refractivity contribution in [2.24, 2.45) is 0 Å². The van der Waals surface area contributed by atoms with Crippen molar-refractivity contribution in [2.45, 2.75) is 5.25 Å². The van der Waals surface area contributed by atoms with Gasteiger partial charge in [-0.1, -0.05) is 34.7 Å². The summed E-state index contributed by atoms with van der Waals surface area (Å²) in [7, 11) is -5.94. The summed E-state index contributed by atoms with van der Waals surface area (Å²) in [5.74, 6) is -0.938. The van der Waals surface area contributed by atoms with Gasteiger partial charge in [0.25, 0.3) is 0 Å². The van der Waals surface area contributed by atoms with Crippen LogP contribution in [0.5, 0.6) is 5.75 Å². The molecular weight excluding hydrogens is 377 g/mol. The number of phenols is 1. The van der Waals surface area contributed by atoms with Gasteiger partial charge in [0, 0.05) is 17.2 Å². The molecule has 3 rings (SSSR count). The second-order valence-electron chi connectivity index (χ2n) is 5.24. The maximum Gasteiger partial charge on any atom is 0.398 e. The Kier molecular flexibility index (Phi) is 4.24. The molecule has 0 saturated heterocycles. The molecule has 0 fully saturated rings. The lowest BCUT2D eigenvalue weighted by atomic mass is 10.1. The molecule has 0 unspecified atom stereocenters. The van der Waals surface area contributed by atoms with Crippen LogP contribution < -0.4 is 5.43 Å². The standard InChI is InChI=1S/C16H9F3O6S/c17-16(18,26(22,23)25-19)10-6-11(20)15-12(21)8-13(24-14(15)7-10)9-4-2-1-3-5-9/h1-8,20H. The van der Waals surface area contributed by atoms with Gasteiger partial charge in [0.15, 0.2) is 5.43 Å². The van der Waals surface area contributed by atoms with Gasteiger partial charge >= 0.3 is 15.4 Å². The summed E-state index contributed by atoms with van der Waals surface area (Å²) in [6.07, 6.45) is 0. The summed E-state index contributed by atoms with van der Waals surface area (Å²) in [4.78, 5) is 12.2. The first-order valence-corrected chi connectivity index (χ1v) is 8.37. The Bertz CT molecular complexity index is 1140. The molecule has 0 aliphatic carbocycles. The molecule has 0 spiro atoms. The van der Waals surface area contributed by atoms with Gasteiger partial charge in [-0.2, -0.15) is 17.2 Å². The van der Waals surface area contributed by atoms with Crippen molar-refractivity contribution in [3.05, 3.63) is 64.3 Å². The first kappa shape index (κ1) is 18.0. The predicted molar refractivity (Wildman–Crippen MR) is 84.6 cm³/mol. The molecule has 3 aromatic rings. The fraction of sp³-hybridized carbons (Fsp3) is 0.0625. The summed E-state index contributed by atoms with van der Waals surface area (Å²) in [5.41, 5.74) is -2.11. The number of phenolic OH excluding ortho intramolecular Hbond substituents is 1. The Labute approximate surface area is 144 Å². The zero-order chi connectivity index (χ0) is 19.1. The molecule has 0 atom stereocenters. The van der Waals surface area contributed by atoms with Gasteiger partial charge < -0.3 is 9.52 Å². The molecule has 1 aromatic heterocycles. The van der Waals surface area contributed by atoms with Gasteiger partial charge in [-0.15, -0.1) is 0 Å². The molecule has 136 valence electrons. The number of aromatic hydroxyl groups is 1. The van der Waals surface area contributed by atoms with Crippen LogP contribution in [-0.2, 0) is 19.8 Å². The molecule has 0 aliphatic rings. The van der Waals surface area contributed by atoms with E-state index in [4.69, 9.17) is 4.42 Å². The van der Waals surface area contributed by atoms with Gasteiger partial charge in [0.1, 0.15) is 22.5 Å². The third kappa shape index (κ3) is 2.82. The van der Waals surface area contributed by atoms with E-state index in [0.29, 0.717) is 17.7 Å². The number of rotatable bonds is 4. The van der Waals surface area contributed by atoms with Crippen LogP contribution in [-0.4, -0.2) is 13.5 Å². The normalized spacial score (nSPS) is 12.4. The van der Waals surface area contributed by atoms with E-state index in [1.54, 1.807) is 30.3 Å². The number of alkyl halides is 2. The number of hydrogen-bond donors (Lipinski definition) is 1. The highest BCUT2D eigenvalue weighted by atomic mass is 32.2. The lowest BCUT2D eigenvalue weighted by Crippen LogP contribution is -2.26. The Morgan fingerprint density at radius 3 is 2.35 bits per heavy atom. The molecule has 0 saturated carbocycles. The first-order valence-electron chi connectivity index (χ1n) is 6.97. The Morgan fingerprint density at radius 2 is 1.73 bits per heavy atom. The fourth-order valence-corrected chi connectivity index (χ4v) is 2.85. The summed E-state index contributed by atoms with van der Waals surface area (Å²) in [5, 5.41) is 4.62. The van der Waals surface area contributed by atoms with Crippen molar-refractivity contribution < 1.29 is 35.6 Å². The van der Waals surface area contributed by atoms with Crippen molar-refractivity contribution >= 4 is 21.1 Å². The summed E-state index contributed by atoms with van der Waals surface area (Å²) < 4.78 is 69.9. The van der Waals surface area contributed by atoms with E-state index in [9.17, 15) is 31.6 Å². The molecular formula is C16H9F3O6S. The molecule has 1 N–H and O–H groups in total. The van der Waals surface area contributed by atoms with Crippen LogP contribution >= 0.6 is 0 Å². The third-order valence-electron chi connectivity index (χ3n) is 3.60. The highest BCUT2D eigenvalue weighted by Crippen LogP contribution is 2.39. The van der Waals surface area contributed by atoms with Gasteiger partial charge in [0.2, 0.25) is 0 Å². The van der Waals surface area contributed by atoms with E-state index in [1.165, 1.54) is 0 Å². The van der Waals surface area contributed by atoms with Crippen LogP contribution in [0.3, 0.4) is 0 Å². The van der Waals surface area contributed by atoms with E-state index < -0.39 is 43.1 Å². The minimum Gasteiger partial charge on any atom is -0.507 e. The van der Waals surface area contributed by atoms with E-state index in [-0.39, 0.29) is 5.76 Å². The van der Waals surface area contributed by atoms with E-state index >= 15 is 0 Å². The maximum absolute atomic E-state index is 14.0. The zero-order valence-corrected chi connectivity index (χ0v) is 13.5. The van der Waals surface area contributed by atoms with Crippen LogP contribution in [0.4, 0.5) is 13.3 Å². The number of hydrogen-bond acceptors (Lipinski definition) is 6. The summed E-state index contributed by atoms with van der Waals surface area (Å²) >= 11 is 0. The van der Waals surface area contributed by atoms with Crippen molar-refractivity contribution in [3.8, 4) is 17.1 Å². The second kappa shape index (κ2) is 6.15. The molecule has 2 aromatic carbocycles. The molecule has 0 radical (unpaired) electrons. The second-order valence-corrected chi connectivity index (χ2v) is 6.79. The lowest BCUT2D eigenvalue weighted by molar-refractivity contribution is -0.0289. The molecule has 0 amide bonds. The molecule has 0 aliphatic heterocycles. The van der Waals surface area contributed by atoms with E-state index in [2.05, 4.69) is 4.39 Å². The van der Waals surface area contributed by atoms with Crippen molar-refractivity contribution in [3.63, 3.8) is 0 Å². The number of benzene rings is 2. The zero-order valence-electron chi connectivity index (χ0n) is 12.6. The molecule has 26 heavy (non-hydrogen) atoms. The van der Waals surface area contributed by atoms with Crippen LogP contribution in [0.1, 0.15) is 5.56 Å². The number of halogens is 3. The predicted octanol–water partition coefficient (Wildman–Crippen LogP) is 3.45. The monoisotopic (exact) mass is 386 g/mol. The third-order valence-corrected chi connectivity index (χ3v) is 4.63. The van der Waals surface area contributed by atoms with Crippen molar-refractivity contribution in [2.75, 3.05) is 0 Å². The molecule has 10 heteroatoms. The van der Waals surface area contributed by atoms with Crippen LogP contribution in [0.15, 0.2) is 57.7 Å². The molecule has 1 heterocycles. The topological polar surface area (TPSA) is 93.8 Å². The Hall–Kier alpha value is -2.85. The average Bonchev–Trinajstić information content (AvgIpc) is 2.61. The minimum absolute atomic E-state index is 0.00700. The molecule has 0 bridgehead atoms. The van der Waals surface area contributed by atoms with Crippen LogP contribution in [0.25, 0.3) is 22.3 Å². The minimum atomic E-state index is -5.94. The quantitative estimate of drug-likeness (QED) is 0.738. The molecule has 6 nitrogen and oxygen atoms in total. The van der Waals surface area contributed by atoms with Crippen molar-refractivity contribution in [1.82, 2.24) is 0 Å². The Morgan fingerprint density at radius 1 is 1.08 bits per heavy atom. The number of fused-ring (bicyclic) bond motifs is 1. The van der Waals surface area contributed by atoms with Gasteiger partial charge in [-0.05, 0) is 16.7 Å². The van der Waals surface area contributed by atoms with Gasteiger partial charge in [0.05, 0.1) is 0 Å². The van der Waals surface area contributed by atoms with E-state index in [1.807, 2.05) is 0 Å². The average molecular weight is 386 g/mol. The first-order chi connectivity index (χ1) is 12.2. The maximum atomic E-state index is 14.0. The van der Waals surface area contributed by atoms with Gasteiger partial charge in [-0.25, -0.2) is 0 Å². The smallest absolute Gasteiger partial charge is 0.398 e. The Balaban J connectivity index is 2.30. The fourth-order valence-electron chi connectivity index (χ4n) is 2.36. The van der Waals surface area contributed by atoms with Crippen molar-refractivity contribution in [1.29, 1.82) is 0 Å². The van der Waals surface area contributed by atoms with Gasteiger partial charge in [-0.3, -0.25) is 4.79 Å². The summed E-state index contributed by atoms with van der Waals surface area (Å²) in [6.45, 7) is 0. The van der Waals surface area contributed by atoms with Crippen LogP contribution in [0, 0.1) is 0 Å². The lowest BCUT2D eigenvalue weighted by Gasteiger charge is -2.15. The summed E-state index contributed by atoms with van der Waals surface area (Å²) in [6, 6.07) is 10.1. The SMILES string of the molecule is O=c1cc(-c2ccccc2)oc2cc(C(F)(F)S(=O)(=O)OF)cc(O)c12. The largest absolute Gasteiger partial charge is 0.507 e. The van der Waals surface area contributed by atoms with Crippen LogP contribution in [0.2, 0.25) is 0 Å². The van der Waals surface area contributed by atoms with E-state index in [0.717, 1.165) is 6.07 Å². The highest BCUT2D eigenvalue weighted by molar-refractivity contribution is 7.87. The highest BCUT2D eigenvalue weighted by Gasteiger charge is 2.50.